The van der Waals surface area contributed by atoms with E-state index in [-0.39, 0.29) is 24.8 Å². The molecule has 3 rings (SSSR count). The van der Waals surface area contributed by atoms with Crippen molar-refractivity contribution in [1.82, 2.24) is 30.0 Å². The fourth-order valence-corrected chi connectivity index (χ4v) is 3.04. The number of hydrogen-bond donors (Lipinski definition) is 1. The lowest BCUT2D eigenvalue weighted by molar-refractivity contribution is -0.137. The molecule has 1 saturated heterocycles. The van der Waals surface area contributed by atoms with Crippen molar-refractivity contribution in [1.29, 1.82) is 0 Å². The van der Waals surface area contributed by atoms with E-state index in [4.69, 9.17) is 0 Å². The van der Waals surface area contributed by atoms with Crippen molar-refractivity contribution in [3.8, 4) is 5.95 Å². The van der Waals surface area contributed by atoms with Gasteiger partial charge < -0.3 is 10.2 Å². The van der Waals surface area contributed by atoms with Crippen LogP contribution in [0.15, 0.2) is 6.07 Å². The summed E-state index contributed by atoms with van der Waals surface area (Å²) >= 11 is 0. The Morgan fingerprint density at radius 2 is 1.88 bits per heavy atom. The molecule has 3 heterocycles. The fourth-order valence-electron chi connectivity index (χ4n) is 3.04. The normalized spacial score (nSPS) is 14.6. The first kappa shape index (κ1) is 17.1. The Bertz CT molecular complexity index is 822. The van der Waals surface area contributed by atoms with Gasteiger partial charge in [0.2, 0.25) is 11.8 Å². The second-order valence-corrected chi connectivity index (χ2v) is 6.35. The molecule has 1 aliphatic heterocycles. The average molecular weight is 342 g/mol. The van der Waals surface area contributed by atoms with E-state index >= 15 is 0 Å². The highest BCUT2D eigenvalue weighted by atomic mass is 16.2. The van der Waals surface area contributed by atoms with Gasteiger partial charge in [-0.1, -0.05) is 0 Å². The Morgan fingerprint density at radius 3 is 2.52 bits per heavy atom. The third kappa shape index (κ3) is 3.52. The maximum Gasteiger partial charge on any atom is 0.251 e. The average Bonchev–Trinajstić information content (AvgIpc) is 2.82. The van der Waals surface area contributed by atoms with Gasteiger partial charge in [0, 0.05) is 35.7 Å². The molecule has 1 aliphatic rings. The summed E-state index contributed by atoms with van der Waals surface area (Å²) in [5.41, 5.74) is 4.21. The van der Waals surface area contributed by atoms with Crippen LogP contribution in [0.5, 0.6) is 0 Å². The van der Waals surface area contributed by atoms with Crippen LogP contribution in [0.1, 0.15) is 28.3 Å². The van der Waals surface area contributed by atoms with Gasteiger partial charge in [-0.15, -0.1) is 0 Å². The zero-order valence-corrected chi connectivity index (χ0v) is 15.0. The van der Waals surface area contributed by atoms with Crippen molar-refractivity contribution in [2.75, 3.05) is 19.6 Å². The molecule has 2 aromatic rings. The van der Waals surface area contributed by atoms with Crippen LogP contribution in [-0.2, 0) is 16.0 Å². The molecule has 25 heavy (non-hydrogen) atoms. The van der Waals surface area contributed by atoms with Crippen molar-refractivity contribution < 1.29 is 9.59 Å². The lowest BCUT2D eigenvalue weighted by Crippen LogP contribution is -2.50. The quantitative estimate of drug-likeness (QED) is 0.871. The predicted octanol–water partition coefficient (Wildman–Crippen LogP) is 0.397. The standard InChI is InChI=1S/C17H22N6O2/c1-10-7-11(2)20-17(19-10)23-13(4)14(12(3)21-23)8-16(25)22-6-5-18-15(24)9-22/h7H,5-6,8-9H2,1-4H3,(H,18,24). The number of aryl methyl sites for hydroxylation is 3. The van der Waals surface area contributed by atoms with Gasteiger partial charge >= 0.3 is 0 Å². The minimum absolute atomic E-state index is 0.0676. The smallest absolute Gasteiger partial charge is 0.251 e. The van der Waals surface area contributed by atoms with Crippen molar-refractivity contribution in [3.63, 3.8) is 0 Å². The van der Waals surface area contributed by atoms with Crippen molar-refractivity contribution >= 4 is 11.8 Å². The molecular weight excluding hydrogens is 320 g/mol. The minimum atomic E-state index is -0.118. The first-order valence-corrected chi connectivity index (χ1v) is 8.27. The summed E-state index contributed by atoms with van der Waals surface area (Å²) < 4.78 is 1.68. The Hall–Kier alpha value is -2.77. The number of amides is 2. The van der Waals surface area contributed by atoms with Crippen LogP contribution in [0.3, 0.4) is 0 Å². The predicted molar refractivity (Wildman–Crippen MR) is 91.4 cm³/mol. The zero-order valence-electron chi connectivity index (χ0n) is 15.0. The molecule has 0 unspecified atom stereocenters. The van der Waals surface area contributed by atoms with Gasteiger partial charge in [0.05, 0.1) is 18.7 Å². The van der Waals surface area contributed by atoms with E-state index in [1.165, 1.54) is 0 Å². The van der Waals surface area contributed by atoms with E-state index in [1.54, 1.807) is 9.58 Å². The SMILES string of the molecule is Cc1cc(C)nc(-n2nc(C)c(CC(=O)N3CCNC(=O)C3)c2C)n1. The molecule has 0 radical (unpaired) electrons. The first-order chi connectivity index (χ1) is 11.8. The van der Waals surface area contributed by atoms with E-state index in [0.717, 1.165) is 28.3 Å². The summed E-state index contributed by atoms with van der Waals surface area (Å²) in [6.45, 7) is 8.76. The second kappa shape index (κ2) is 6.62. The van der Waals surface area contributed by atoms with Gasteiger partial charge in [0.25, 0.3) is 5.95 Å². The van der Waals surface area contributed by atoms with Gasteiger partial charge in [-0.05, 0) is 33.8 Å². The summed E-state index contributed by atoms with van der Waals surface area (Å²) in [6.07, 6.45) is 0.218. The first-order valence-electron chi connectivity index (χ1n) is 8.27. The summed E-state index contributed by atoms with van der Waals surface area (Å²) in [7, 11) is 0. The summed E-state index contributed by atoms with van der Waals surface area (Å²) in [4.78, 5) is 34.5. The van der Waals surface area contributed by atoms with Gasteiger partial charge in [-0.25, -0.2) is 14.6 Å². The largest absolute Gasteiger partial charge is 0.353 e. The van der Waals surface area contributed by atoms with Crippen molar-refractivity contribution in [2.24, 2.45) is 0 Å². The number of aromatic nitrogens is 4. The van der Waals surface area contributed by atoms with Crippen LogP contribution < -0.4 is 5.32 Å². The Morgan fingerprint density at radius 1 is 1.20 bits per heavy atom. The Kier molecular flexibility index (Phi) is 4.52. The third-order valence-electron chi connectivity index (χ3n) is 4.32. The number of piperazine rings is 1. The fraction of sp³-hybridized carbons (Fsp3) is 0.471. The van der Waals surface area contributed by atoms with Crippen LogP contribution in [-0.4, -0.2) is 56.1 Å². The highest BCUT2D eigenvalue weighted by Gasteiger charge is 2.24. The van der Waals surface area contributed by atoms with E-state index in [1.807, 2.05) is 33.8 Å². The van der Waals surface area contributed by atoms with E-state index in [2.05, 4.69) is 20.4 Å². The van der Waals surface area contributed by atoms with Crippen molar-refractivity contribution in [3.05, 3.63) is 34.4 Å². The lowest BCUT2D eigenvalue weighted by Gasteiger charge is -2.26. The van der Waals surface area contributed by atoms with Crippen LogP contribution in [0.25, 0.3) is 5.95 Å². The summed E-state index contributed by atoms with van der Waals surface area (Å²) in [6, 6.07) is 1.90. The number of carbonyl (C=O) groups is 2. The molecule has 0 aromatic carbocycles. The highest BCUT2D eigenvalue weighted by molar-refractivity contribution is 5.87. The number of carbonyl (C=O) groups excluding carboxylic acids is 2. The summed E-state index contributed by atoms with van der Waals surface area (Å²) in [5.74, 6) is 0.323. The van der Waals surface area contributed by atoms with Crippen LogP contribution in [0.4, 0.5) is 0 Å². The molecular formula is C17H22N6O2. The number of nitrogens with zero attached hydrogens (tertiary/aromatic N) is 5. The van der Waals surface area contributed by atoms with Crippen LogP contribution in [0, 0.1) is 27.7 Å². The van der Waals surface area contributed by atoms with E-state index < -0.39 is 0 Å². The number of nitrogens with one attached hydrogen (secondary N) is 1. The molecule has 8 nitrogen and oxygen atoms in total. The monoisotopic (exact) mass is 342 g/mol. The molecule has 0 spiro atoms. The second-order valence-electron chi connectivity index (χ2n) is 6.35. The lowest BCUT2D eigenvalue weighted by atomic mass is 10.1. The maximum absolute atomic E-state index is 12.5. The molecule has 1 N–H and O–H groups in total. The molecule has 0 atom stereocenters. The molecule has 2 amide bonds. The minimum Gasteiger partial charge on any atom is -0.353 e. The zero-order chi connectivity index (χ0) is 18.1. The highest BCUT2D eigenvalue weighted by Crippen LogP contribution is 2.18. The molecule has 8 heteroatoms. The van der Waals surface area contributed by atoms with Gasteiger partial charge in [0.15, 0.2) is 0 Å². The number of hydrogen-bond acceptors (Lipinski definition) is 5. The van der Waals surface area contributed by atoms with Gasteiger partial charge in [-0.2, -0.15) is 5.10 Å². The van der Waals surface area contributed by atoms with E-state index in [9.17, 15) is 9.59 Å². The number of rotatable bonds is 3. The van der Waals surface area contributed by atoms with Gasteiger partial charge in [-0.3, -0.25) is 9.59 Å². The molecule has 132 valence electrons. The summed E-state index contributed by atoms with van der Waals surface area (Å²) in [5, 5.41) is 7.24. The Balaban J connectivity index is 1.87. The third-order valence-corrected chi connectivity index (χ3v) is 4.32. The Labute approximate surface area is 146 Å². The van der Waals surface area contributed by atoms with Crippen molar-refractivity contribution in [2.45, 2.75) is 34.1 Å². The van der Waals surface area contributed by atoms with Crippen LogP contribution >= 0.6 is 0 Å². The van der Waals surface area contributed by atoms with E-state index in [0.29, 0.717) is 19.0 Å². The molecule has 1 fully saturated rings. The molecule has 0 bridgehead atoms. The molecule has 2 aromatic heterocycles. The van der Waals surface area contributed by atoms with Gasteiger partial charge in [0.1, 0.15) is 0 Å². The van der Waals surface area contributed by atoms with Crippen LogP contribution in [0.2, 0.25) is 0 Å². The topological polar surface area (TPSA) is 93.0 Å². The molecule has 0 aliphatic carbocycles. The molecule has 0 saturated carbocycles. The maximum atomic E-state index is 12.5.